The summed E-state index contributed by atoms with van der Waals surface area (Å²) in [5.41, 5.74) is 0. The molecular formula is C40H75N3O4. The van der Waals surface area contributed by atoms with E-state index < -0.39 is 0 Å². The fourth-order valence-corrected chi connectivity index (χ4v) is 5.26. The minimum absolute atomic E-state index is 0.0288. The van der Waals surface area contributed by atoms with Crippen molar-refractivity contribution in [3.8, 4) is 0 Å². The van der Waals surface area contributed by atoms with Crippen LogP contribution in [0.5, 0.6) is 0 Å². The van der Waals surface area contributed by atoms with Gasteiger partial charge in [-0.05, 0) is 123 Å². The van der Waals surface area contributed by atoms with Gasteiger partial charge in [-0.25, -0.2) is 0 Å². The predicted octanol–water partition coefficient (Wildman–Crippen LogP) is 11.4. The van der Waals surface area contributed by atoms with Gasteiger partial charge in [0.2, 0.25) is 0 Å². The third-order valence-corrected chi connectivity index (χ3v) is 8.17. The number of esters is 1. The van der Waals surface area contributed by atoms with Gasteiger partial charge in [0.1, 0.15) is 19.3 Å². The van der Waals surface area contributed by atoms with Crippen LogP contribution in [0.3, 0.4) is 0 Å². The summed E-state index contributed by atoms with van der Waals surface area (Å²) >= 11 is 0. The molecule has 274 valence electrons. The number of unbranched alkanes of at least 4 members (excludes halogenated alkanes) is 17. The van der Waals surface area contributed by atoms with E-state index in [4.69, 9.17) is 14.4 Å². The molecule has 0 amide bonds. The number of nitrogens with zero attached hydrogens (tertiary/aromatic N) is 3. The van der Waals surface area contributed by atoms with Crippen molar-refractivity contribution in [3.05, 3.63) is 24.3 Å². The molecule has 0 N–H and O–H groups in total. The van der Waals surface area contributed by atoms with E-state index in [0.29, 0.717) is 19.6 Å². The number of oxime groups is 2. The summed E-state index contributed by atoms with van der Waals surface area (Å²) < 4.78 is 5.97. The maximum atomic E-state index is 12.5. The maximum Gasteiger partial charge on any atom is 0.306 e. The molecule has 0 aliphatic heterocycles. The first-order valence-corrected chi connectivity index (χ1v) is 19.5. The van der Waals surface area contributed by atoms with Crippen LogP contribution in [0.1, 0.15) is 174 Å². The lowest BCUT2D eigenvalue weighted by atomic mass is 10.0. The predicted molar refractivity (Wildman–Crippen MR) is 202 cm³/mol. The van der Waals surface area contributed by atoms with Crippen LogP contribution in [-0.4, -0.2) is 63.3 Å². The van der Waals surface area contributed by atoms with Crippen molar-refractivity contribution in [2.45, 2.75) is 180 Å². The molecule has 0 heterocycles. The number of carbonyl (C=O) groups is 1. The SMILES string of the molecule is CCCCCC/C=C\CO/N=C/CCCCCCC(CCCCCC/C=N/OC/C=C\CCCCCC)OC(=O)CCCCN(C)C. The van der Waals surface area contributed by atoms with E-state index in [0.717, 1.165) is 109 Å². The monoisotopic (exact) mass is 662 g/mol. The molecule has 7 heteroatoms. The Hall–Kier alpha value is -2.15. The summed E-state index contributed by atoms with van der Waals surface area (Å²) in [7, 11) is 4.14. The van der Waals surface area contributed by atoms with E-state index in [-0.39, 0.29) is 12.1 Å². The quantitative estimate of drug-likeness (QED) is 0.0220. The van der Waals surface area contributed by atoms with Crippen LogP contribution >= 0.6 is 0 Å². The van der Waals surface area contributed by atoms with E-state index in [1.807, 2.05) is 12.4 Å². The van der Waals surface area contributed by atoms with E-state index in [1.165, 1.54) is 51.4 Å². The molecule has 0 rings (SSSR count). The van der Waals surface area contributed by atoms with E-state index in [9.17, 15) is 4.79 Å². The van der Waals surface area contributed by atoms with Crippen molar-refractivity contribution >= 4 is 18.4 Å². The van der Waals surface area contributed by atoms with Crippen LogP contribution in [0.2, 0.25) is 0 Å². The Morgan fingerprint density at radius 2 is 1.04 bits per heavy atom. The Balaban J connectivity index is 4.09. The molecule has 0 saturated heterocycles. The van der Waals surface area contributed by atoms with Crippen LogP contribution in [0.4, 0.5) is 0 Å². The molecule has 47 heavy (non-hydrogen) atoms. The molecule has 0 saturated carbocycles. The highest BCUT2D eigenvalue weighted by molar-refractivity contribution is 5.69. The lowest BCUT2D eigenvalue weighted by molar-refractivity contribution is -0.150. The van der Waals surface area contributed by atoms with Gasteiger partial charge in [-0.15, -0.1) is 0 Å². The molecular weight excluding hydrogens is 586 g/mol. The van der Waals surface area contributed by atoms with Crippen molar-refractivity contribution in [1.82, 2.24) is 4.90 Å². The second kappa shape index (κ2) is 38.3. The first-order chi connectivity index (χ1) is 23.1. The summed E-state index contributed by atoms with van der Waals surface area (Å²) in [5.74, 6) is -0.0288. The first kappa shape index (κ1) is 44.9. The molecule has 0 spiro atoms. The van der Waals surface area contributed by atoms with Gasteiger partial charge in [0, 0.05) is 18.9 Å². The van der Waals surface area contributed by atoms with Crippen LogP contribution in [0, 0.1) is 0 Å². The lowest BCUT2D eigenvalue weighted by Crippen LogP contribution is -2.19. The molecule has 0 aliphatic carbocycles. The van der Waals surface area contributed by atoms with E-state index in [2.05, 4.69) is 67.5 Å². The Kier molecular flexibility index (Phi) is 36.5. The molecule has 0 aromatic carbocycles. The van der Waals surface area contributed by atoms with Gasteiger partial charge >= 0.3 is 5.97 Å². The topological polar surface area (TPSA) is 72.7 Å². The highest BCUT2D eigenvalue weighted by Crippen LogP contribution is 2.17. The molecule has 0 radical (unpaired) electrons. The van der Waals surface area contributed by atoms with Crippen LogP contribution in [-0.2, 0) is 19.2 Å². The van der Waals surface area contributed by atoms with Gasteiger partial charge in [0.15, 0.2) is 0 Å². The number of rotatable bonds is 36. The average molecular weight is 662 g/mol. The van der Waals surface area contributed by atoms with Gasteiger partial charge in [0.25, 0.3) is 0 Å². The van der Waals surface area contributed by atoms with Crippen LogP contribution < -0.4 is 0 Å². The average Bonchev–Trinajstić information content (AvgIpc) is 3.06. The number of allylic oxidation sites excluding steroid dienone is 2. The standard InChI is InChI=1S/C40H75N3O4/c1-5-7-9-11-13-21-29-37-45-41-34-26-19-15-17-23-31-39(47-40(44)33-25-28-36-43(3)4)32-24-18-16-20-27-35-42-46-38-30-22-14-12-10-8-6-2/h21-22,29-30,34-35,39H,5-20,23-28,31-33,36-38H2,1-4H3/b29-21-,30-22-,41-34+,42-35+. The molecule has 0 unspecified atom stereocenters. The molecule has 0 bridgehead atoms. The van der Waals surface area contributed by atoms with Gasteiger partial charge in [-0.3, -0.25) is 4.79 Å². The van der Waals surface area contributed by atoms with E-state index in [1.54, 1.807) is 0 Å². The van der Waals surface area contributed by atoms with Crippen molar-refractivity contribution in [2.75, 3.05) is 33.9 Å². The Morgan fingerprint density at radius 1 is 0.574 bits per heavy atom. The molecule has 0 aromatic rings. The van der Waals surface area contributed by atoms with Crippen molar-refractivity contribution in [3.63, 3.8) is 0 Å². The second-order valence-corrected chi connectivity index (χ2v) is 13.2. The number of carbonyl (C=O) groups excluding carboxylic acids is 1. The Labute approximate surface area is 291 Å². The summed E-state index contributed by atoms with van der Waals surface area (Å²) in [4.78, 5) is 25.4. The zero-order chi connectivity index (χ0) is 34.3. The first-order valence-electron chi connectivity index (χ1n) is 19.5. The highest BCUT2D eigenvalue weighted by Gasteiger charge is 2.14. The number of hydrogen-bond donors (Lipinski definition) is 0. The Bertz CT molecular complexity index is 719. The summed E-state index contributed by atoms with van der Waals surface area (Å²) in [6, 6.07) is 0. The highest BCUT2D eigenvalue weighted by atomic mass is 16.6. The molecule has 0 fully saturated rings. The minimum atomic E-state index is -0.0288. The summed E-state index contributed by atoms with van der Waals surface area (Å²) in [5, 5.41) is 8.16. The van der Waals surface area contributed by atoms with E-state index >= 15 is 0 Å². The lowest BCUT2D eigenvalue weighted by Gasteiger charge is -2.18. The van der Waals surface area contributed by atoms with Crippen molar-refractivity contribution in [1.29, 1.82) is 0 Å². The number of hydrogen-bond acceptors (Lipinski definition) is 7. The summed E-state index contributed by atoms with van der Waals surface area (Å²) in [6.07, 6.45) is 40.3. The molecule has 0 aromatic heterocycles. The third-order valence-electron chi connectivity index (χ3n) is 8.17. The van der Waals surface area contributed by atoms with Gasteiger partial charge in [0.05, 0.1) is 0 Å². The molecule has 7 nitrogen and oxygen atoms in total. The summed E-state index contributed by atoms with van der Waals surface area (Å²) in [6.45, 7) is 6.60. The zero-order valence-corrected chi connectivity index (χ0v) is 31.3. The third kappa shape index (κ3) is 38.2. The zero-order valence-electron chi connectivity index (χ0n) is 31.3. The van der Waals surface area contributed by atoms with Crippen LogP contribution in [0.25, 0.3) is 0 Å². The second-order valence-electron chi connectivity index (χ2n) is 13.2. The Morgan fingerprint density at radius 3 is 1.53 bits per heavy atom. The van der Waals surface area contributed by atoms with Gasteiger partial charge in [-0.1, -0.05) is 101 Å². The van der Waals surface area contributed by atoms with Gasteiger partial charge in [-0.2, -0.15) is 0 Å². The maximum absolute atomic E-state index is 12.5. The largest absolute Gasteiger partial charge is 0.462 e. The fraction of sp³-hybridized carbons (Fsp3) is 0.825. The molecule has 0 aliphatic rings. The smallest absolute Gasteiger partial charge is 0.306 e. The van der Waals surface area contributed by atoms with Crippen molar-refractivity contribution < 1.29 is 19.2 Å². The molecule has 0 atom stereocenters. The fourth-order valence-electron chi connectivity index (χ4n) is 5.26. The van der Waals surface area contributed by atoms with Crippen molar-refractivity contribution in [2.24, 2.45) is 10.3 Å². The number of ether oxygens (including phenoxy) is 1. The minimum Gasteiger partial charge on any atom is -0.462 e. The normalized spacial score (nSPS) is 12.2. The van der Waals surface area contributed by atoms with Crippen LogP contribution in [0.15, 0.2) is 34.6 Å². The van der Waals surface area contributed by atoms with Gasteiger partial charge < -0.3 is 19.3 Å².